The lowest BCUT2D eigenvalue weighted by Gasteiger charge is -2.21. The zero-order chi connectivity index (χ0) is 11.7. The maximum atomic E-state index is 13.0. The Hall–Kier alpha value is -1.00. The molecule has 3 unspecified atom stereocenters. The second kappa shape index (κ2) is 4.47. The molecule has 0 bridgehead atoms. The van der Waals surface area contributed by atoms with E-state index in [9.17, 15) is 13.9 Å². The van der Waals surface area contributed by atoms with Crippen molar-refractivity contribution in [2.75, 3.05) is 6.61 Å². The van der Waals surface area contributed by atoms with E-state index in [1.54, 1.807) is 0 Å². The van der Waals surface area contributed by atoms with Gasteiger partial charge >= 0.3 is 0 Å². The highest BCUT2D eigenvalue weighted by atomic mass is 19.2. The molecule has 1 fully saturated rings. The Balaban J connectivity index is 2.20. The van der Waals surface area contributed by atoms with E-state index in [1.807, 2.05) is 6.92 Å². The van der Waals surface area contributed by atoms with Crippen LogP contribution in [-0.2, 0) is 4.74 Å². The van der Waals surface area contributed by atoms with E-state index < -0.39 is 17.7 Å². The average molecular weight is 228 g/mol. The van der Waals surface area contributed by atoms with Crippen molar-refractivity contribution in [1.29, 1.82) is 0 Å². The molecule has 0 aliphatic carbocycles. The van der Waals surface area contributed by atoms with Gasteiger partial charge in [0.05, 0.1) is 6.10 Å². The van der Waals surface area contributed by atoms with Gasteiger partial charge in [-0.05, 0) is 30.0 Å². The highest BCUT2D eigenvalue weighted by molar-refractivity contribution is 5.21. The molecule has 1 aliphatic rings. The van der Waals surface area contributed by atoms with E-state index in [0.29, 0.717) is 12.2 Å². The zero-order valence-electron chi connectivity index (χ0n) is 8.99. The van der Waals surface area contributed by atoms with Crippen molar-refractivity contribution in [3.63, 3.8) is 0 Å². The quantitative estimate of drug-likeness (QED) is 0.842. The molecule has 1 aliphatic heterocycles. The Kier molecular flexibility index (Phi) is 3.21. The van der Waals surface area contributed by atoms with Crippen LogP contribution in [0.1, 0.15) is 25.0 Å². The Morgan fingerprint density at radius 2 is 2.12 bits per heavy atom. The monoisotopic (exact) mass is 228 g/mol. The van der Waals surface area contributed by atoms with Crippen LogP contribution in [0.25, 0.3) is 0 Å². The summed E-state index contributed by atoms with van der Waals surface area (Å²) in [7, 11) is 0. The SMILES string of the molecule is CC1CCOC1C(O)c1ccc(F)c(F)c1. The minimum atomic E-state index is -0.942. The molecule has 2 rings (SSSR count). The Morgan fingerprint density at radius 1 is 1.38 bits per heavy atom. The van der Waals surface area contributed by atoms with Crippen molar-refractivity contribution in [2.24, 2.45) is 5.92 Å². The number of benzene rings is 1. The first-order chi connectivity index (χ1) is 7.59. The summed E-state index contributed by atoms with van der Waals surface area (Å²) in [5.74, 6) is -1.62. The van der Waals surface area contributed by atoms with Crippen molar-refractivity contribution in [3.05, 3.63) is 35.4 Å². The van der Waals surface area contributed by atoms with Crippen molar-refractivity contribution in [2.45, 2.75) is 25.6 Å². The summed E-state index contributed by atoms with van der Waals surface area (Å²) >= 11 is 0. The Labute approximate surface area is 92.9 Å². The Morgan fingerprint density at radius 3 is 2.69 bits per heavy atom. The molecule has 0 aromatic heterocycles. The minimum absolute atomic E-state index is 0.225. The normalized spacial score (nSPS) is 27.0. The Bertz CT molecular complexity index is 381. The first-order valence-corrected chi connectivity index (χ1v) is 5.34. The molecule has 0 spiro atoms. The largest absolute Gasteiger partial charge is 0.386 e. The fourth-order valence-electron chi connectivity index (χ4n) is 2.01. The van der Waals surface area contributed by atoms with Crippen LogP contribution in [0.3, 0.4) is 0 Å². The molecular formula is C12H14F2O2. The van der Waals surface area contributed by atoms with E-state index in [4.69, 9.17) is 4.74 Å². The van der Waals surface area contributed by atoms with Gasteiger partial charge in [0, 0.05) is 6.61 Å². The van der Waals surface area contributed by atoms with Crippen LogP contribution in [0, 0.1) is 17.6 Å². The second-order valence-electron chi connectivity index (χ2n) is 4.22. The minimum Gasteiger partial charge on any atom is -0.386 e. The van der Waals surface area contributed by atoms with E-state index in [-0.39, 0.29) is 12.0 Å². The van der Waals surface area contributed by atoms with Crippen LogP contribution >= 0.6 is 0 Å². The van der Waals surface area contributed by atoms with Gasteiger partial charge in [0.1, 0.15) is 6.10 Å². The molecule has 1 aromatic carbocycles. The molecule has 88 valence electrons. The molecule has 1 aromatic rings. The van der Waals surface area contributed by atoms with Crippen LogP contribution in [0.5, 0.6) is 0 Å². The lowest BCUT2D eigenvalue weighted by atomic mass is 9.95. The van der Waals surface area contributed by atoms with Gasteiger partial charge in [-0.15, -0.1) is 0 Å². The smallest absolute Gasteiger partial charge is 0.159 e. The standard InChI is InChI=1S/C12H14F2O2/c1-7-4-5-16-12(7)11(15)8-2-3-9(13)10(14)6-8/h2-3,6-7,11-12,15H,4-5H2,1H3. The lowest BCUT2D eigenvalue weighted by Crippen LogP contribution is -2.23. The molecule has 3 atom stereocenters. The van der Waals surface area contributed by atoms with Crippen LogP contribution in [0.15, 0.2) is 18.2 Å². The van der Waals surface area contributed by atoms with Gasteiger partial charge < -0.3 is 9.84 Å². The molecule has 0 radical (unpaired) electrons. The third-order valence-electron chi connectivity index (χ3n) is 3.04. The van der Waals surface area contributed by atoms with Gasteiger partial charge in [0.25, 0.3) is 0 Å². The predicted octanol–water partition coefficient (Wildman–Crippen LogP) is 2.42. The predicted molar refractivity (Wildman–Crippen MR) is 54.8 cm³/mol. The number of rotatable bonds is 2. The summed E-state index contributed by atoms with van der Waals surface area (Å²) in [5.41, 5.74) is 0.359. The molecule has 0 saturated carbocycles. The summed E-state index contributed by atoms with van der Waals surface area (Å²) in [6.07, 6.45) is -0.344. The molecule has 0 amide bonds. The van der Waals surface area contributed by atoms with Crippen molar-refractivity contribution >= 4 is 0 Å². The summed E-state index contributed by atoms with van der Waals surface area (Å²) in [4.78, 5) is 0. The molecule has 1 heterocycles. The maximum Gasteiger partial charge on any atom is 0.159 e. The van der Waals surface area contributed by atoms with Crippen LogP contribution < -0.4 is 0 Å². The molecule has 1 saturated heterocycles. The summed E-state index contributed by atoms with van der Waals surface area (Å²) < 4.78 is 31.1. The van der Waals surface area contributed by atoms with Gasteiger partial charge in [-0.2, -0.15) is 0 Å². The van der Waals surface area contributed by atoms with Crippen molar-refractivity contribution in [3.8, 4) is 0 Å². The zero-order valence-corrected chi connectivity index (χ0v) is 8.99. The third kappa shape index (κ3) is 2.08. The molecular weight excluding hydrogens is 214 g/mol. The number of aliphatic hydroxyl groups excluding tert-OH is 1. The lowest BCUT2D eigenvalue weighted by molar-refractivity contribution is -0.0179. The number of halogens is 2. The highest BCUT2D eigenvalue weighted by Gasteiger charge is 2.32. The summed E-state index contributed by atoms with van der Waals surface area (Å²) in [6.45, 7) is 2.58. The van der Waals surface area contributed by atoms with E-state index in [1.165, 1.54) is 6.07 Å². The molecule has 2 nitrogen and oxygen atoms in total. The number of hydrogen-bond acceptors (Lipinski definition) is 2. The maximum absolute atomic E-state index is 13.0. The number of hydrogen-bond donors (Lipinski definition) is 1. The van der Waals surface area contributed by atoms with Crippen LogP contribution in [0.4, 0.5) is 8.78 Å². The topological polar surface area (TPSA) is 29.5 Å². The van der Waals surface area contributed by atoms with Crippen LogP contribution in [0.2, 0.25) is 0 Å². The van der Waals surface area contributed by atoms with E-state index >= 15 is 0 Å². The van der Waals surface area contributed by atoms with E-state index in [0.717, 1.165) is 18.6 Å². The summed E-state index contributed by atoms with van der Waals surface area (Å²) in [6, 6.07) is 3.43. The first-order valence-electron chi connectivity index (χ1n) is 5.34. The number of aliphatic hydroxyl groups is 1. The van der Waals surface area contributed by atoms with Crippen molar-refractivity contribution < 1.29 is 18.6 Å². The fourth-order valence-corrected chi connectivity index (χ4v) is 2.01. The van der Waals surface area contributed by atoms with Crippen LogP contribution in [-0.4, -0.2) is 17.8 Å². The van der Waals surface area contributed by atoms with Gasteiger partial charge in [-0.3, -0.25) is 0 Å². The average Bonchev–Trinajstić information content (AvgIpc) is 2.67. The third-order valence-corrected chi connectivity index (χ3v) is 3.04. The fraction of sp³-hybridized carbons (Fsp3) is 0.500. The second-order valence-corrected chi connectivity index (χ2v) is 4.22. The molecule has 1 N–H and O–H groups in total. The molecule has 16 heavy (non-hydrogen) atoms. The van der Waals surface area contributed by atoms with Crippen molar-refractivity contribution in [1.82, 2.24) is 0 Å². The van der Waals surface area contributed by atoms with Gasteiger partial charge in [0.2, 0.25) is 0 Å². The van der Waals surface area contributed by atoms with Gasteiger partial charge in [-0.25, -0.2) is 8.78 Å². The number of ether oxygens (including phenoxy) is 1. The first kappa shape index (κ1) is 11.5. The van der Waals surface area contributed by atoms with Gasteiger partial charge in [0.15, 0.2) is 11.6 Å². The molecule has 4 heteroatoms. The van der Waals surface area contributed by atoms with Gasteiger partial charge in [-0.1, -0.05) is 13.0 Å². The summed E-state index contributed by atoms with van der Waals surface area (Å²) in [5, 5.41) is 9.99. The van der Waals surface area contributed by atoms with E-state index in [2.05, 4.69) is 0 Å². The highest BCUT2D eigenvalue weighted by Crippen LogP contribution is 2.31.